The zero-order valence-corrected chi connectivity index (χ0v) is 14.8. The Balaban J connectivity index is 1.60. The maximum atomic E-state index is 12.6. The van der Waals surface area contributed by atoms with E-state index in [0.29, 0.717) is 24.0 Å². The van der Waals surface area contributed by atoms with Gasteiger partial charge in [0.2, 0.25) is 0 Å². The number of rotatable bonds is 4. The van der Waals surface area contributed by atoms with Crippen LogP contribution in [0.4, 0.5) is 0 Å². The zero-order chi connectivity index (χ0) is 18.1. The number of fused-ring (bicyclic) bond motifs is 1. The van der Waals surface area contributed by atoms with Gasteiger partial charge in [0, 0.05) is 6.54 Å². The summed E-state index contributed by atoms with van der Waals surface area (Å²) in [6, 6.07) is 9.58. The van der Waals surface area contributed by atoms with E-state index in [2.05, 4.69) is 10.1 Å². The molecule has 0 radical (unpaired) electrons. The van der Waals surface area contributed by atoms with E-state index in [1.807, 2.05) is 42.5 Å². The predicted octanol–water partition coefficient (Wildman–Crippen LogP) is 1.67. The molecule has 1 unspecified atom stereocenters. The first-order valence-electron chi connectivity index (χ1n) is 8.38. The first kappa shape index (κ1) is 16.7. The van der Waals surface area contributed by atoms with Crippen LogP contribution in [-0.2, 0) is 16.4 Å². The number of sulfone groups is 1. The fraction of sp³-hybridized carbons (Fsp3) is 0.278. The van der Waals surface area contributed by atoms with E-state index in [4.69, 9.17) is 0 Å². The summed E-state index contributed by atoms with van der Waals surface area (Å²) in [6.07, 6.45) is 7.32. The first-order chi connectivity index (χ1) is 12.5. The fourth-order valence-corrected chi connectivity index (χ4v) is 4.89. The van der Waals surface area contributed by atoms with Crippen LogP contribution in [0.2, 0.25) is 0 Å². The Morgan fingerprint density at radius 1 is 1.23 bits per heavy atom. The van der Waals surface area contributed by atoms with Gasteiger partial charge in [0.25, 0.3) is 5.56 Å². The minimum Gasteiger partial charge on any atom is -0.295 e. The van der Waals surface area contributed by atoms with Gasteiger partial charge in [0.15, 0.2) is 15.5 Å². The van der Waals surface area contributed by atoms with E-state index >= 15 is 0 Å². The van der Waals surface area contributed by atoms with Gasteiger partial charge in [0.05, 0.1) is 23.7 Å². The normalized spacial score (nSPS) is 19.5. The minimum absolute atomic E-state index is 0.0500. The quantitative estimate of drug-likeness (QED) is 0.697. The van der Waals surface area contributed by atoms with Gasteiger partial charge in [-0.15, -0.1) is 0 Å². The number of allylic oxidation sites excluding steroid dienone is 1. The van der Waals surface area contributed by atoms with Gasteiger partial charge in [-0.25, -0.2) is 18.1 Å². The van der Waals surface area contributed by atoms with Crippen LogP contribution in [0.5, 0.6) is 0 Å². The number of hydrogen-bond donors (Lipinski definition) is 0. The highest BCUT2D eigenvalue weighted by Gasteiger charge is 2.31. The van der Waals surface area contributed by atoms with Gasteiger partial charge in [-0.3, -0.25) is 9.36 Å². The molecule has 7 nitrogen and oxygen atoms in total. The molecule has 1 aromatic carbocycles. The highest BCUT2D eigenvalue weighted by atomic mass is 32.2. The van der Waals surface area contributed by atoms with Crippen LogP contribution in [0.15, 0.2) is 53.7 Å². The fourth-order valence-electron chi connectivity index (χ4n) is 3.20. The lowest BCUT2D eigenvalue weighted by Gasteiger charge is -2.09. The van der Waals surface area contributed by atoms with Gasteiger partial charge in [0.1, 0.15) is 11.7 Å². The van der Waals surface area contributed by atoms with Gasteiger partial charge in [-0.1, -0.05) is 42.5 Å². The summed E-state index contributed by atoms with van der Waals surface area (Å²) in [6.45, 7) is 0.402. The number of nitrogens with zero attached hydrogens (tertiary/aromatic N) is 4. The van der Waals surface area contributed by atoms with E-state index < -0.39 is 9.84 Å². The van der Waals surface area contributed by atoms with Crippen LogP contribution in [0.3, 0.4) is 0 Å². The Bertz CT molecular complexity index is 1130. The summed E-state index contributed by atoms with van der Waals surface area (Å²) in [5, 5.41) is 4.64. The third kappa shape index (κ3) is 3.20. The molecule has 3 heterocycles. The second-order valence-corrected chi connectivity index (χ2v) is 8.63. The molecule has 0 aliphatic carbocycles. The maximum Gasteiger partial charge on any atom is 0.264 e. The molecule has 0 spiro atoms. The van der Waals surface area contributed by atoms with Crippen LogP contribution in [0.1, 0.15) is 18.0 Å². The molecule has 8 heteroatoms. The van der Waals surface area contributed by atoms with Crippen molar-refractivity contribution in [2.24, 2.45) is 0 Å². The summed E-state index contributed by atoms with van der Waals surface area (Å²) in [7, 11) is -3.03. The Hall–Kier alpha value is -2.74. The Labute approximate surface area is 150 Å². The van der Waals surface area contributed by atoms with Crippen LogP contribution in [0, 0.1) is 0 Å². The third-order valence-corrected chi connectivity index (χ3v) is 6.30. The van der Waals surface area contributed by atoms with E-state index in [1.165, 1.54) is 17.1 Å². The SMILES string of the molecule is O=c1c2cnn(C3CCS(=O)(=O)C3)c2ncn1C/C=C/c1ccccc1. The molecule has 1 atom stereocenters. The van der Waals surface area contributed by atoms with Crippen LogP contribution in [-0.4, -0.2) is 39.3 Å². The van der Waals surface area contributed by atoms with E-state index in [0.717, 1.165) is 5.56 Å². The molecular weight excluding hydrogens is 352 g/mol. The highest BCUT2D eigenvalue weighted by Crippen LogP contribution is 2.25. The summed E-state index contributed by atoms with van der Waals surface area (Å²) in [5.41, 5.74) is 1.32. The summed E-state index contributed by atoms with van der Waals surface area (Å²) >= 11 is 0. The van der Waals surface area contributed by atoms with Crippen molar-refractivity contribution in [2.45, 2.75) is 19.0 Å². The van der Waals surface area contributed by atoms with Gasteiger partial charge >= 0.3 is 0 Å². The number of aromatic nitrogens is 4. The topological polar surface area (TPSA) is 86.8 Å². The van der Waals surface area contributed by atoms with Crippen molar-refractivity contribution in [2.75, 3.05) is 11.5 Å². The second kappa shape index (κ2) is 6.53. The molecule has 1 saturated heterocycles. The average molecular weight is 370 g/mol. The van der Waals surface area contributed by atoms with Crippen LogP contribution < -0.4 is 5.56 Å². The summed E-state index contributed by atoms with van der Waals surface area (Å²) in [4.78, 5) is 17.0. The van der Waals surface area contributed by atoms with Crippen molar-refractivity contribution in [3.8, 4) is 0 Å². The van der Waals surface area contributed by atoms with Crippen molar-refractivity contribution in [1.29, 1.82) is 0 Å². The third-order valence-electron chi connectivity index (χ3n) is 4.55. The van der Waals surface area contributed by atoms with Gasteiger partial charge in [-0.05, 0) is 12.0 Å². The molecule has 1 fully saturated rings. The summed E-state index contributed by atoms with van der Waals surface area (Å²) < 4.78 is 26.5. The molecule has 0 bridgehead atoms. The Morgan fingerprint density at radius 3 is 2.77 bits per heavy atom. The van der Waals surface area contributed by atoms with Crippen molar-refractivity contribution < 1.29 is 8.42 Å². The van der Waals surface area contributed by atoms with E-state index in [-0.39, 0.29) is 23.1 Å². The first-order valence-corrected chi connectivity index (χ1v) is 10.2. The van der Waals surface area contributed by atoms with Crippen molar-refractivity contribution in [3.05, 3.63) is 64.8 Å². The Morgan fingerprint density at radius 2 is 2.04 bits per heavy atom. The van der Waals surface area contributed by atoms with Gasteiger partial charge in [-0.2, -0.15) is 5.10 Å². The number of hydrogen-bond acceptors (Lipinski definition) is 5. The molecule has 3 aromatic rings. The van der Waals surface area contributed by atoms with Crippen molar-refractivity contribution in [1.82, 2.24) is 19.3 Å². The smallest absolute Gasteiger partial charge is 0.264 e. The lowest BCUT2D eigenvalue weighted by molar-refractivity contribution is 0.511. The minimum atomic E-state index is -3.03. The summed E-state index contributed by atoms with van der Waals surface area (Å²) in [5.74, 6) is 0.203. The highest BCUT2D eigenvalue weighted by molar-refractivity contribution is 7.91. The molecular formula is C18H18N4O3S. The molecule has 0 saturated carbocycles. The molecule has 1 aliphatic heterocycles. The standard InChI is InChI=1S/C18H18N4O3S/c23-18-16-11-20-22(15-8-10-26(24,25)12-15)17(16)19-13-21(18)9-4-7-14-5-2-1-3-6-14/h1-7,11,13,15H,8-10,12H2/b7-4+. The largest absolute Gasteiger partial charge is 0.295 e. The molecule has 4 rings (SSSR count). The van der Waals surface area contributed by atoms with E-state index in [9.17, 15) is 13.2 Å². The second-order valence-electron chi connectivity index (χ2n) is 6.40. The lowest BCUT2D eigenvalue weighted by Crippen LogP contribution is -2.20. The van der Waals surface area contributed by atoms with Crippen molar-refractivity contribution >= 4 is 26.9 Å². The molecule has 2 aromatic heterocycles. The number of benzene rings is 1. The molecule has 0 amide bonds. The molecule has 26 heavy (non-hydrogen) atoms. The molecule has 1 aliphatic rings. The lowest BCUT2D eigenvalue weighted by atomic mass is 10.2. The predicted molar refractivity (Wildman–Crippen MR) is 99.6 cm³/mol. The van der Waals surface area contributed by atoms with Crippen LogP contribution in [0.25, 0.3) is 17.1 Å². The van der Waals surface area contributed by atoms with Crippen molar-refractivity contribution in [3.63, 3.8) is 0 Å². The van der Waals surface area contributed by atoms with E-state index in [1.54, 1.807) is 4.68 Å². The zero-order valence-electron chi connectivity index (χ0n) is 14.0. The molecule has 134 valence electrons. The maximum absolute atomic E-state index is 12.6. The van der Waals surface area contributed by atoms with Crippen LogP contribution >= 0.6 is 0 Å². The molecule has 0 N–H and O–H groups in total. The Kier molecular flexibility index (Phi) is 4.20. The van der Waals surface area contributed by atoms with Gasteiger partial charge < -0.3 is 0 Å². The average Bonchev–Trinajstić information content (AvgIpc) is 3.21. The monoisotopic (exact) mass is 370 g/mol.